The van der Waals surface area contributed by atoms with E-state index >= 15 is 0 Å². The van der Waals surface area contributed by atoms with Crippen LogP contribution in [0.4, 0.5) is 0 Å². The van der Waals surface area contributed by atoms with Gasteiger partial charge < -0.3 is 0 Å². The molecule has 2 nitrogen and oxygen atoms in total. The third-order valence-electron chi connectivity index (χ3n) is 2.28. The number of thiazole rings is 1. The van der Waals surface area contributed by atoms with Gasteiger partial charge in [-0.05, 0) is 6.42 Å². The van der Waals surface area contributed by atoms with Crippen LogP contribution in [0.25, 0.3) is 11.3 Å². The summed E-state index contributed by atoms with van der Waals surface area (Å²) < 4.78 is 0. The highest BCUT2D eigenvalue weighted by atomic mass is 32.1. The van der Waals surface area contributed by atoms with Gasteiger partial charge in [-0.3, -0.25) is 4.79 Å². The van der Waals surface area contributed by atoms with Crippen molar-refractivity contribution in [1.29, 1.82) is 0 Å². The van der Waals surface area contributed by atoms with E-state index in [1.165, 1.54) is 4.88 Å². The molecule has 2 aromatic rings. The molecule has 0 aliphatic rings. The van der Waals surface area contributed by atoms with Crippen LogP contribution >= 0.6 is 11.3 Å². The molecule has 0 amide bonds. The number of benzene rings is 1. The minimum atomic E-state index is 0.701. The predicted octanol–water partition coefficient (Wildman–Crippen LogP) is 3.19. The lowest BCUT2D eigenvalue weighted by Gasteiger charge is -2.00. The topological polar surface area (TPSA) is 30.0 Å². The maximum atomic E-state index is 10.5. The average molecular weight is 217 g/mol. The van der Waals surface area contributed by atoms with Crippen molar-refractivity contribution in [3.05, 3.63) is 40.2 Å². The summed E-state index contributed by atoms with van der Waals surface area (Å²) in [6, 6.07) is 7.53. The van der Waals surface area contributed by atoms with Gasteiger partial charge in [0.2, 0.25) is 0 Å². The van der Waals surface area contributed by atoms with Crippen LogP contribution in [0.2, 0.25) is 0 Å². The molecule has 1 heterocycles. The molecule has 3 heteroatoms. The Morgan fingerprint density at radius 1 is 1.33 bits per heavy atom. The molecule has 0 saturated carbocycles. The number of hydrogen-bond acceptors (Lipinski definition) is 3. The number of aldehydes is 1. The SMILES string of the molecule is CCc1scnc1-c1ccc(C=O)cc1. The highest BCUT2D eigenvalue weighted by Gasteiger charge is 2.06. The summed E-state index contributed by atoms with van der Waals surface area (Å²) in [6.07, 6.45) is 1.85. The molecule has 0 saturated heterocycles. The third kappa shape index (κ3) is 1.97. The summed E-state index contributed by atoms with van der Waals surface area (Å²) >= 11 is 1.67. The molecule has 0 aliphatic heterocycles. The molecule has 76 valence electrons. The Balaban J connectivity index is 2.41. The number of rotatable bonds is 3. The smallest absolute Gasteiger partial charge is 0.150 e. The van der Waals surface area contributed by atoms with E-state index in [1.54, 1.807) is 11.3 Å². The summed E-state index contributed by atoms with van der Waals surface area (Å²) in [5.41, 5.74) is 4.69. The molecule has 0 unspecified atom stereocenters. The molecule has 0 radical (unpaired) electrons. The van der Waals surface area contributed by atoms with E-state index in [0.717, 1.165) is 24.0 Å². The maximum absolute atomic E-state index is 10.5. The van der Waals surface area contributed by atoms with E-state index in [-0.39, 0.29) is 0 Å². The quantitative estimate of drug-likeness (QED) is 0.739. The molecule has 1 aromatic heterocycles. The van der Waals surface area contributed by atoms with Crippen molar-refractivity contribution in [3.8, 4) is 11.3 Å². The summed E-state index contributed by atoms with van der Waals surface area (Å²) in [5, 5.41) is 0. The van der Waals surface area contributed by atoms with Gasteiger partial charge in [0.1, 0.15) is 6.29 Å². The number of carbonyl (C=O) groups excluding carboxylic acids is 1. The first kappa shape index (κ1) is 10.1. The Morgan fingerprint density at radius 2 is 2.07 bits per heavy atom. The van der Waals surface area contributed by atoms with Crippen molar-refractivity contribution in [2.45, 2.75) is 13.3 Å². The fourth-order valence-corrected chi connectivity index (χ4v) is 2.21. The molecule has 2 rings (SSSR count). The van der Waals surface area contributed by atoms with Crippen LogP contribution in [0.15, 0.2) is 29.8 Å². The highest BCUT2D eigenvalue weighted by molar-refractivity contribution is 7.10. The van der Waals surface area contributed by atoms with Gasteiger partial charge in [-0.25, -0.2) is 4.98 Å². The Bertz CT molecular complexity index is 459. The first-order valence-corrected chi connectivity index (χ1v) is 5.71. The monoisotopic (exact) mass is 217 g/mol. The molecule has 0 bridgehead atoms. The molecule has 0 atom stereocenters. The fraction of sp³-hybridized carbons (Fsp3) is 0.167. The molecule has 0 aliphatic carbocycles. The van der Waals surface area contributed by atoms with Gasteiger partial charge in [-0.2, -0.15) is 0 Å². The Kier molecular flexibility index (Phi) is 2.92. The third-order valence-corrected chi connectivity index (χ3v) is 3.26. The second-order valence-electron chi connectivity index (χ2n) is 3.22. The first-order chi connectivity index (χ1) is 7.35. The Hall–Kier alpha value is -1.48. The average Bonchev–Trinajstić information content (AvgIpc) is 2.77. The molecule has 1 aromatic carbocycles. The van der Waals surface area contributed by atoms with Gasteiger partial charge in [0.25, 0.3) is 0 Å². The van der Waals surface area contributed by atoms with Crippen LogP contribution in [-0.2, 0) is 6.42 Å². The van der Waals surface area contributed by atoms with E-state index in [0.29, 0.717) is 5.56 Å². The van der Waals surface area contributed by atoms with Gasteiger partial charge in [-0.1, -0.05) is 31.2 Å². The summed E-state index contributed by atoms with van der Waals surface area (Å²) in [6.45, 7) is 2.12. The van der Waals surface area contributed by atoms with Crippen LogP contribution in [-0.4, -0.2) is 11.3 Å². The van der Waals surface area contributed by atoms with Gasteiger partial charge in [0.05, 0.1) is 11.2 Å². The summed E-state index contributed by atoms with van der Waals surface area (Å²) in [4.78, 5) is 16.1. The standard InChI is InChI=1S/C12H11NOS/c1-2-11-12(13-8-15-11)10-5-3-9(7-14)4-6-10/h3-8H,2H2,1H3. The lowest BCUT2D eigenvalue weighted by atomic mass is 10.1. The minimum absolute atomic E-state index is 0.701. The summed E-state index contributed by atoms with van der Waals surface area (Å²) in [5.74, 6) is 0. The zero-order chi connectivity index (χ0) is 10.7. The van der Waals surface area contributed by atoms with Crippen molar-refractivity contribution < 1.29 is 4.79 Å². The molecule has 0 N–H and O–H groups in total. The van der Waals surface area contributed by atoms with E-state index in [2.05, 4.69) is 11.9 Å². The van der Waals surface area contributed by atoms with Crippen molar-refractivity contribution in [1.82, 2.24) is 4.98 Å². The highest BCUT2D eigenvalue weighted by Crippen LogP contribution is 2.25. The van der Waals surface area contributed by atoms with Crippen molar-refractivity contribution in [2.24, 2.45) is 0 Å². The van der Waals surface area contributed by atoms with Crippen molar-refractivity contribution >= 4 is 17.6 Å². The van der Waals surface area contributed by atoms with Crippen LogP contribution in [0, 0.1) is 0 Å². The van der Waals surface area contributed by atoms with Gasteiger partial charge in [0, 0.05) is 16.0 Å². The number of carbonyl (C=O) groups is 1. The zero-order valence-corrected chi connectivity index (χ0v) is 9.25. The van der Waals surface area contributed by atoms with Gasteiger partial charge in [-0.15, -0.1) is 11.3 Å². The lowest BCUT2D eigenvalue weighted by Crippen LogP contribution is -1.84. The number of aryl methyl sites for hydroxylation is 1. The first-order valence-electron chi connectivity index (χ1n) is 4.83. The normalized spacial score (nSPS) is 10.2. The number of nitrogens with zero attached hydrogens (tertiary/aromatic N) is 1. The largest absolute Gasteiger partial charge is 0.298 e. The van der Waals surface area contributed by atoms with Gasteiger partial charge in [0.15, 0.2) is 0 Å². The van der Waals surface area contributed by atoms with Gasteiger partial charge >= 0.3 is 0 Å². The fourth-order valence-electron chi connectivity index (χ4n) is 1.48. The van der Waals surface area contributed by atoms with Crippen LogP contribution in [0.1, 0.15) is 22.2 Å². The van der Waals surface area contributed by atoms with Crippen LogP contribution < -0.4 is 0 Å². The zero-order valence-electron chi connectivity index (χ0n) is 8.43. The number of aromatic nitrogens is 1. The molecule has 0 spiro atoms. The second kappa shape index (κ2) is 4.36. The molecular formula is C12H11NOS. The molecule has 15 heavy (non-hydrogen) atoms. The minimum Gasteiger partial charge on any atom is -0.298 e. The van der Waals surface area contributed by atoms with E-state index in [1.807, 2.05) is 29.8 Å². The summed E-state index contributed by atoms with van der Waals surface area (Å²) in [7, 11) is 0. The van der Waals surface area contributed by atoms with E-state index in [9.17, 15) is 4.79 Å². The van der Waals surface area contributed by atoms with Crippen LogP contribution in [0.3, 0.4) is 0 Å². The molecule has 0 fully saturated rings. The Morgan fingerprint density at radius 3 is 2.67 bits per heavy atom. The van der Waals surface area contributed by atoms with E-state index < -0.39 is 0 Å². The van der Waals surface area contributed by atoms with Crippen molar-refractivity contribution in [3.63, 3.8) is 0 Å². The predicted molar refractivity (Wildman–Crippen MR) is 62.3 cm³/mol. The molecular weight excluding hydrogens is 206 g/mol. The van der Waals surface area contributed by atoms with Crippen molar-refractivity contribution in [2.75, 3.05) is 0 Å². The lowest BCUT2D eigenvalue weighted by molar-refractivity contribution is 0.112. The van der Waals surface area contributed by atoms with E-state index in [4.69, 9.17) is 0 Å². The second-order valence-corrected chi connectivity index (χ2v) is 4.16. The van der Waals surface area contributed by atoms with Crippen LogP contribution in [0.5, 0.6) is 0 Å². The number of hydrogen-bond donors (Lipinski definition) is 0. The Labute approximate surface area is 92.6 Å². The maximum Gasteiger partial charge on any atom is 0.150 e.